The van der Waals surface area contributed by atoms with Gasteiger partial charge in [-0.25, -0.2) is 0 Å². The van der Waals surface area contributed by atoms with Crippen molar-refractivity contribution in [3.05, 3.63) is 65.5 Å². The number of carbonyl (C=O) groups is 4. The predicted octanol–water partition coefficient (Wildman–Crippen LogP) is 5.55. The van der Waals surface area contributed by atoms with Gasteiger partial charge in [0.2, 0.25) is 0 Å². The summed E-state index contributed by atoms with van der Waals surface area (Å²) in [4.78, 5) is 62.2. The number of hydrogen-bond acceptors (Lipinski definition) is 12. The summed E-state index contributed by atoms with van der Waals surface area (Å²) in [5, 5.41) is 0. The summed E-state index contributed by atoms with van der Waals surface area (Å²) in [7, 11) is 1.83. The Bertz CT molecular complexity index is 1430. The first-order chi connectivity index (χ1) is 24.1. The Morgan fingerprint density at radius 2 is 1.25 bits per heavy atom. The van der Waals surface area contributed by atoms with E-state index in [0.29, 0.717) is 32.7 Å². The lowest BCUT2D eigenvalue weighted by atomic mass is 10.1. The van der Waals surface area contributed by atoms with Crippen molar-refractivity contribution in [3.63, 3.8) is 0 Å². The largest absolute Gasteiger partial charge is 0.461 e. The number of likely N-dealkylation sites (N-methyl/N-ethyl adjacent to an activating group) is 2. The third-order valence-electron chi connectivity index (χ3n) is 7.40. The van der Waals surface area contributed by atoms with E-state index in [9.17, 15) is 19.2 Å². The Kier molecular flexibility index (Phi) is 17.4. The molecule has 12 heteroatoms. The maximum atomic E-state index is 13.5. The van der Waals surface area contributed by atoms with E-state index in [-0.39, 0.29) is 44.5 Å². The van der Waals surface area contributed by atoms with Crippen molar-refractivity contribution >= 4 is 23.9 Å². The molecule has 0 aliphatic rings. The van der Waals surface area contributed by atoms with Gasteiger partial charge in [-0.15, -0.1) is 0 Å². The van der Waals surface area contributed by atoms with Crippen molar-refractivity contribution in [2.45, 2.75) is 125 Å². The van der Waals surface area contributed by atoms with Crippen molar-refractivity contribution in [2.75, 3.05) is 39.8 Å². The van der Waals surface area contributed by atoms with Crippen molar-refractivity contribution in [2.24, 2.45) is 0 Å². The number of hydrogen-bond donors (Lipinski definition) is 0. The molecule has 0 saturated heterocycles. The summed E-state index contributed by atoms with van der Waals surface area (Å²) >= 11 is 0. The smallest absolute Gasteiger partial charge is 0.323 e. The van der Waals surface area contributed by atoms with Gasteiger partial charge >= 0.3 is 23.9 Å². The first kappa shape index (κ1) is 44.3. The predicted molar refractivity (Wildman–Crippen MR) is 200 cm³/mol. The molecule has 0 aliphatic heterocycles. The van der Waals surface area contributed by atoms with Crippen LogP contribution in [0.25, 0.3) is 0 Å². The minimum Gasteiger partial charge on any atom is -0.461 e. The highest BCUT2D eigenvalue weighted by Gasteiger charge is 2.31. The zero-order chi connectivity index (χ0) is 39.1. The van der Waals surface area contributed by atoms with E-state index in [1.807, 2.05) is 140 Å². The lowest BCUT2D eigenvalue weighted by Crippen LogP contribution is -2.44. The van der Waals surface area contributed by atoms with Gasteiger partial charge in [0.1, 0.15) is 29.5 Å². The summed E-state index contributed by atoms with van der Waals surface area (Å²) in [5.41, 5.74) is 0.411. The summed E-state index contributed by atoms with van der Waals surface area (Å²) in [6.45, 7) is 20.8. The van der Waals surface area contributed by atoms with E-state index in [2.05, 4.69) is 0 Å². The van der Waals surface area contributed by atoms with Crippen LogP contribution >= 0.6 is 0 Å². The number of pyridine rings is 1. The lowest BCUT2D eigenvalue weighted by Gasteiger charge is -2.31. The molecule has 0 bridgehead atoms. The monoisotopic (exact) mass is 726 g/mol. The summed E-state index contributed by atoms with van der Waals surface area (Å²) in [6, 6.07) is 14.4. The number of ether oxygens (including phenoxy) is 4. The molecule has 1 aromatic heterocycles. The molecular weight excluding hydrogens is 664 g/mol. The molecular formula is C40H62N4O8. The molecule has 52 heavy (non-hydrogen) atoms. The van der Waals surface area contributed by atoms with E-state index in [1.54, 1.807) is 0 Å². The normalized spacial score (nSPS) is 12.9. The summed E-state index contributed by atoms with van der Waals surface area (Å²) in [6.07, 6.45) is 0.263. The fourth-order valence-electron chi connectivity index (χ4n) is 5.22. The third kappa shape index (κ3) is 19.1. The van der Waals surface area contributed by atoms with Gasteiger partial charge in [0.15, 0.2) is 0 Å². The Morgan fingerprint density at radius 3 is 1.81 bits per heavy atom. The van der Waals surface area contributed by atoms with Crippen molar-refractivity contribution < 1.29 is 38.1 Å². The SMILES string of the molecule is CCN(Cc1cccc(CN(CCN(C)CC(=O)OC(C)(C)C)CC(=O)OC(C)(C)C)n1)C(CCC(=O)OCc1ccccc1)C(=O)OC(C)(C)C. The molecule has 12 nitrogen and oxygen atoms in total. The van der Waals surface area contributed by atoms with Gasteiger partial charge in [-0.2, -0.15) is 0 Å². The van der Waals surface area contributed by atoms with Crippen LogP contribution in [0.5, 0.6) is 0 Å². The molecule has 2 aromatic rings. The van der Waals surface area contributed by atoms with Crippen LogP contribution < -0.4 is 0 Å². The molecule has 0 N–H and O–H groups in total. The van der Waals surface area contributed by atoms with Crippen LogP contribution in [0.2, 0.25) is 0 Å². The summed E-state index contributed by atoms with van der Waals surface area (Å²) in [5.74, 6) is -1.49. The number of nitrogens with zero attached hydrogens (tertiary/aromatic N) is 4. The van der Waals surface area contributed by atoms with Crippen LogP contribution in [0.1, 0.15) is 99.0 Å². The molecule has 0 spiro atoms. The average Bonchev–Trinajstić information content (AvgIpc) is 3.00. The molecule has 290 valence electrons. The average molecular weight is 727 g/mol. The Balaban J connectivity index is 2.20. The van der Waals surface area contributed by atoms with Gasteiger partial charge in [-0.3, -0.25) is 38.9 Å². The minimum atomic E-state index is -0.709. The van der Waals surface area contributed by atoms with E-state index in [4.69, 9.17) is 23.9 Å². The number of benzene rings is 1. The molecule has 0 radical (unpaired) electrons. The molecule has 0 amide bonds. The Hall–Kier alpha value is -3.87. The van der Waals surface area contributed by atoms with Gasteiger partial charge in [0.25, 0.3) is 0 Å². The van der Waals surface area contributed by atoms with E-state index in [1.165, 1.54) is 0 Å². The standard InChI is InChI=1S/C40H62N4O8/c1-12-44(33(37(48)52-40(8,9)10)21-22-34(45)49-29-30-17-14-13-15-18-30)26-32-20-16-19-31(41-32)25-43(28-36(47)51-39(5,6)7)24-23-42(11)27-35(46)50-38(2,3)4/h13-20,33H,12,21-29H2,1-11H3. The summed E-state index contributed by atoms with van der Waals surface area (Å²) < 4.78 is 22.3. The molecule has 1 heterocycles. The first-order valence-electron chi connectivity index (χ1n) is 18.1. The highest BCUT2D eigenvalue weighted by Crippen LogP contribution is 2.19. The molecule has 2 rings (SSSR count). The topological polar surface area (TPSA) is 128 Å². The molecule has 1 aromatic carbocycles. The molecule has 1 unspecified atom stereocenters. The number of rotatable bonds is 19. The van der Waals surface area contributed by atoms with Crippen LogP contribution in [0, 0.1) is 0 Å². The van der Waals surface area contributed by atoms with Crippen LogP contribution in [0.15, 0.2) is 48.5 Å². The second kappa shape index (κ2) is 20.4. The molecule has 0 fully saturated rings. The van der Waals surface area contributed by atoms with Gasteiger partial charge < -0.3 is 18.9 Å². The second-order valence-electron chi connectivity index (χ2n) is 16.0. The van der Waals surface area contributed by atoms with E-state index < -0.39 is 34.8 Å². The zero-order valence-corrected chi connectivity index (χ0v) is 33.3. The number of esters is 4. The van der Waals surface area contributed by atoms with Gasteiger partial charge in [-0.05, 0) is 100 Å². The highest BCUT2D eigenvalue weighted by atomic mass is 16.6. The Labute approximate surface area is 311 Å². The van der Waals surface area contributed by atoms with Crippen LogP contribution in [0.4, 0.5) is 0 Å². The molecule has 0 aliphatic carbocycles. The quantitative estimate of drug-likeness (QED) is 0.133. The lowest BCUT2D eigenvalue weighted by molar-refractivity contribution is -0.162. The zero-order valence-electron chi connectivity index (χ0n) is 33.3. The molecule has 1 atom stereocenters. The van der Waals surface area contributed by atoms with Crippen LogP contribution in [-0.4, -0.2) is 106 Å². The van der Waals surface area contributed by atoms with Crippen molar-refractivity contribution in [3.8, 4) is 0 Å². The van der Waals surface area contributed by atoms with E-state index in [0.717, 1.165) is 17.0 Å². The Morgan fingerprint density at radius 1 is 0.692 bits per heavy atom. The maximum absolute atomic E-state index is 13.5. The van der Waals surface area contributed by atoms with Gasteiger partial charge in [0.05, 0.1) is 24.5 Å². The molecule has 0 saturated carbocycles. The minimum absolute atomic E-state index is 0.0334. The van der Waals surface area contributed by atoms with Crippen LogP contribution in [0.3, 0.4) is 0 Å². The maximum Gasteiger partial charge on any atom is 0.323 e. The number of carbonyl (C=O) groups excluding carboxylic acids is 4. The number of aromatic nitrogens is 1. The fourth-order valence-corrected chi connectivity index (χ4v) is 5.22. The first-order valence-corrected chi connectivity index (χ1v) is 18.1. The fraction of sp³-hybridized carbons (Fsp3) is 0.625. The second-order valence-corrected chi connectivity index (χ2v) is 16.0. The highest BCUT2D eigenvalue weighted by molar-refractivity contribution is 5.78. The van der Waals surface area contributed by atoms with Gasteiger partial charge in [0, 0.05) is 32.6 Å². The van der Waals surface area contributed by atoms with Gasteiger partial charge in [-0.1, -0.05) is 43.3 Å². The third-order valence-corrected chi connectivity index (χ3v) is 7.40. The van der Waals surface area contributed by atoms with E-state index >= 15 is 0 Å². The van der Waals surface area contributed by atoms with Crippen LogP contribution in [-0.2, 0) is 57.8 Å². The van der Waals surface area contributed by atoms with Crippen molar-refractivity contribution in [1.82, 2.24) is 19.7 Å². The van der Waals surface area contributed by atoms with Crippen molar-refractivity contribution in [1.29, 1.82) is 0 Å².